The number of pyridine rings is 1. The summed E-state index contributed by atoms with van der Waals surface area (Å²) >= 11 is 0. The zero-order valence-corrected chi connectivity index (χ0v) is 17.1. The Morgan fingerprint density at radius 2 is 2.07 bits per heavy atom. The second-order valence-corrected chi connectivity index (χ2v) is 7.34. The average molecular weight is 400 g/mol. The van der Waals surface area contributed by atoms with Gasteiger partial charge in [-0.05, 0) is 51.7 Å². The van der Waals surface area contributed by atoms with Crippen LogP contribution in [0, 0.1) is 5.92 Å². The smallest absolute Gasteiger partial charge is 0.256 e. The molecule has 9 nitrogen and oxygen atoms in total. The quantitative estimate of drug-likeness (QED) is 0.733. The second-order valence-electron chi connectivity index (χ2n) is 7.34. The van der Waals surface area contributed by atoms with Crippen LogP contribution in [0.4, 0.5) is 0 Å². The van der Waals surface area contributed by atoms with Crippen molar-refractivity contribution in [1.82, 2.24) is 30.4 Å². The van der Waals surface area contributed by atoms with E-state index in [1.165, 1.54) is 0 Å². The molecule has 9 heteroatoms. The summed E-state index contributed by atoms with van der Waals surface area (Å²) in [5.74, 6) is 0.844. The van der Waals surface area contributed by atoms with Crippen molar-refractivity contribution in [3.63, 3.8) is 0 Å². The van der Waals surface area contributed by atoms with Gasteiger partial charge >= 0.3 is 0 Å². The fraction of sp³-hybridized carbons (Fsp3) is 0.550. The van der Waals surface area contributed by atoms with Crippen LogP contribution in [-0.4, -0.2) is 44.2 Å². The predicted molar refractivity (Wildman–Crippen MR) is 106 cm³/mol. The lowest BCUT2D eigenvalue weighted by Crippen LogP contribution is -2.41. The summed E-state index contributed by atoms with van der Waals surface area (Å²) in [5, 5.41) is 14.0. The fourth-order valence-electron chi connectivity index (χ4n) is 3.66. The molecule has 2 amide bonds. The second kappa shape index (κ2) is 9.49. The van der Waals surface area contributed by atoms with Gasteiger partial charge in [0.2, 0.25) is 11.8 Å². The summed E-state index contributed by atoms with van der Waals surface area (Å²) in [7, 11) is 1.85. The molecule has 1 atom stereocenters. The lowest BCUT2D eigenvalue weighted by molar-refractivity contribution is -0.126. The molecule has 156 valence electrons. The van der Waals surface area contributed by atoms with Crippen molar-refractivity contribution in [2.45, 2.75) is 51.6 Å². The van der Waals surface area contributed by atoms with E-state index < -0.39 is 0 Å². The van der Waals surface area contributed by atoms with E-state index in [0.717, 1.165) is 31.5 Å². The third-order valence-electron chi connectivity index (χ3n) is 5.22. The minimum atomic E-state index is -0.199. The highest BCUT2D eigenvalue weighted by Crippen LogP contribution is 2.26. The first-order valence-electron chi connectivity index (χ1n) is 10.0. The van der Waals surface area contributed by atoms with Gasteiger partial charge in [0.15, 0.2) is 5.82 Å². The fourth-order valence-corrected chi connectivity index (χ4v) is 3.66. The molecule has 0 bridgehead atoms. The maximum absolute atomic E-state index is 12.6. The van der Waals surface area contributed by atoms with E-state index in [9.17, 15) is 9.59 Å². The van der Waals surface area contributed by atoms with Gasteiger partial charge in [-0.1, -0.05) is 0 Å². The molecule has 1 fully saturated rings. The van der Waals surface area contributed by atoms with E-state index in [0.29, 0.717) is 18.1 Å². The Balaban J connectivity index is 1.50. The van der Waals surface area contributed by atoms with E-state index in [2.05, 4.69) is 25.8 Å². The Bertz CT molecular complexity index is 844. The molecule has 0 aliphatic heterocycles. The highest BCUT2D eigenvalue weighted by molar-refractivity contribution is 5.96. The number of amides is 2. The van der Waals surface area contributed by atoms with Gasteiger partial charge in [0.25, 0.3) is 5.91 Å². The van der Waals surface area contributed by atoms with Gasteiger partial charge in [-0.2, -0.15) is 0 Å². The molecule has 0 aromatic carbocycles. The summed E-state index contributed by atoms with van der Waals surface area (Å²) in [4.78, 5) is 29.3. The molecule has 1 aliphatic rings. The van der Waals surface area contributed by atoms with Crippen molar-refractivity contribution in [3.8, 4) is 5.88 Å². The number of nitrogens with zero attached hydrogens (tertiary/aromatic N) is 4. The number of hydrogen-bond acceptors (Lipinski definition) is 6. The van der Waals surface area contributed by atoms with Crippen LogP contribution in [0.3, 0.4) is 0 Å². The Labute approximate surface area is 170 Å². The first kappa shape index (κ1) is 20.8. The summed E-state index contributed by atoms with van der Waals surface area (Å²) < 4.78 is 7.23. The van der Waals surface area contributed by atoms with Crippen molar-refractivity contribution < 1.29 is 14.3 Å². The van der Waals surface area contributed by atoms with Crippen molar-refractivity contribution in [2.24, 2.45) is 13.0 Å². The third-order valence-corrected chi connectivity index (χ3v) is 5.22. The zero-order valence-electron chi connectivity index (χ0n) is 17.1. The first-order valence-corrected chi connectivity index (χ1v) is 10.0. The number of rotatable bonds is 7. The Kier molecular flexibility index (Phi) is 6.79. The monoisotopic (exact) mass is 400 g/mol. The largest absolute Gasteiger partial charge is 0.477 e. The molecule has 0 spiro atoms. The molecule has 0 radical (unpaired) electrons. The van der Waals surface area contributed by atoms with Gasteiger partial charge in [-0.25, -0.2) is 4.98 Å². The van der Waals surface area contributed by atoms with Crippen molar-refractivity contribution in [1.29, 1.82) is 0 Å². The topological polar surface area (TPSA) is 111 Å². The van der Waals surface area contributed by atoms with Crippen LogP contribution in [-0.2, 0) is 11.8 Å². The van der Waals surface area contributed by atoms with Gasteiger partial charge < -0.3 is 19.9 Å². The van der Waals surface area contributed by atoms with Crippen molar-refractivity contribution >= 4 is 11.8 Å². The maximum atomic E-state index is 12.6. The highest BCUT2D eigenvalue weighted by atomic mass is 16.5. The lowest BCUT2D eigenvalue weighted by atomic mass is 9.85. The molecular weight excluding hydrogens is 372 g/mol. The lowest BCUT2D eigenvalue weighted by Gasteiger charge is -2.29. The van der Waals surface area contributed by atoms with Crippen LogP contribution in [0.15, 0.2) is 24.7 Å². The molecule has 2 N–H and O–H groups in total. The number of aryl methyl sites for hydroxylation is 1. The van der Waals surface area contributed by atoms with Crippen LogP contribution >= 0.6 is 0 Å². The minimum Gasteiger partial charge on any atom is -0.477 e. The van der Waals surface area contributed by atoms with Crippen molar-refractivity contribution in [3.05, 3.63) is 36.0 Å². The molecule has 2 heterocycles. The van der Waals surface area contributed by atoms with Gasteiger partial charge in [-0.15, -0.1) is 10.2 Å². The molecule has 3 rings (SSSR count). The van der Waals surface area contributed by atoms with Crippen LogP contribution < -0.4 is 15.4 Å². The average Bonchev–Trinajstić information content (AvgIpc) is 3.15. The normalized spacial score (nSPS) is 20.0. The van der Waals surface area contributed by atoms with Crippen LogP contribution in [0.2, 0.25) is 0 Å². The number of nitrogens with one attached hydrogen (secondary N) is 2. The number of aromatic nitrogens is 4. The molecule has 29 heavy (non-hydrogen) atoms. The SMILES string of the molecule is CCOc1ncccc1C(=O)NC1CCC(C(=O)NC(C)c2nncn2C)CC1. The number of hydrogen-bond donors (Lipinski definition) is 2. The predicted octanol–water partition coefficient (Wildman–Crippen LogP) is 1.77. The number of carbonyl (C=O) groups is 2. The third kappa shape index (κ3) is 5.10. The summed E-state index contributed by atoms with van der Waals surface area (Å²) in [5.41, 5.74) is 0.437. The molecule has 1 saturated carbocycles. The van der Waals surface area contributed by atoms with Gasteiger partial charge in [0, 0.05) is 25.2 Å². The van der Waals surface area contributed by atoms with E-state index >= 15 is 0 Å². The molecular formula is C20H28N6O3. The Morgan fingerprint density at radius 3 is 2.72 bits per heavy atom. The highest BCUT2D eigenvalue weighted by Gasteiger charge is 2.29. The van der Waals surface area contributed by atoms with E-state index in [1.54, 1.807) is 29.2 Å². The first-order chi connectivity index (χ1) is 14.0. The zero-order chi connectivity index (χ0) is 20.8. The van der Waals surface area contributed by atoms with Gasteiger partial charge in [0.05, 0.1) is 12.6 Å². The van der Waals surface area contributed by atoms with E-state index in [4.69, 9.17) is 4.74 Å². The van der Waals surface area contributed by atoms with Crippen molar-refractivity contribution in [2.75, 3.05) is 6.61 Å². The van der Waals surface area contributed by atoms with Crippen LogP contribution in [0.1, 0.15) is 61.8 Å². The summed E-state index contributed by atoms with van der Waals surface area (Å²) in [6.45, 7) is 4.20. The standard InChI is InChI=1S/C20H28N6O3/c1-4-29-20-16(6-5-11-21-20)19(28)24-15-9-7-14(8-10-15)18(27)23-13(2)17-25-22-12-26(17)3/h5-6,11-15H,4,7-10H2,1-3H3,(H,23,27)(H,24,28). The van der Waals surface area contributed by atoms with Crippen LogP contribution in [0.25, 0.3) is 0 Å². The Morgan fingerprint density at radius 1 is 1.31 bits per heavy atom. The molecule has 1 unspecified atom stereocenters. The molecule has 1 aliphatic carbocycles. The minimum absolute atomic E-state index is 0.0242. The summed E-state index contributed by atoms with van der Waals surface area (Å²) in [6.07, 6.45) is 6.19. The molecule has 2 aromatic rings. The molecule has 2 aromatic heterocycles. The van der Waals surface area contributed by atoms with Crippen LogP contribution in [0.5, 0.6) is 5.88 Å². The Hall–Kier alpha value is -2.97. The number of ether oxygens (including phenoxy) is 1. The van der Waals surface area contributed by atoms with Gasteiger partial charge in [-0.3, -0.25) is 9.59 Å². The summed E-state index contributed by atoms with van der Waals surface area (Å²) in [6, 6.07) is 3.27. The van der Waals surface area contributed by atoms with E-state index in [-0.39, 0.29) is 29.8 Å². The number of carbonyl (C=O) groups excluding carboxylic acids is 2. The maximum Gasteiger partial charge on any atom is 0.256 e. The van der Waals surface area contributed by atoms with Gasteiger partial charge in [0.1, 0.15) is 11.9 Å². The molecule has 0 saturated heterocycles. The van der Waals surface area contributed by atoms with E-state index in [1.807, 2.05) is 20.9 Å².